The van der Waals surface area contributed by atoms with Gasteiger partial charge in [-0.05, 0) is 58.2 Å². The molecule has 1 aliphatic heterocycles. The molecule has 1 N–H and O–H groups in total. The highest BCUT2D eigenvalue weighted by Gasteiger charge is 2.28. The van der Waals surface area contributed by atoms with Crippen LogP contribution in [0.25, 0.3) is 0 Å². The quantitative estimate of drug-likeness (QED) is 0.774. The van der Waals surface area contributed by atoms with Crippen LogP contribution >= 0.6 is 0 Å². The monoisotopic (exact) mass is 281 g/mol. The van der Waals surface area contributed by atoms with Gasteiger partial charge in [-0.2, -0.15) is 0 Å². The van der Waals surface area contributed by atoms with Crippen LogP contribution in [0.1, 0.15) is 52.4 Å². The zero-order valence-corrected chi connectivity index (χ0v) is 13.9. The minimum atomic E-state index is 0.779. The Morgan fingerprint density at radius 2 is 2.00 bits per heavy atom. The van der Waals surface area contributed by atoms with Crippen molar-refractivity contribution in [2.24, 2.45) is 5.92 Å². The lowest BCUT2D eigenvalue weighted by Crippen LogP contribution is -2.51. The lowest BCUT2D eigenvalue weighted by Gasteiger charge is -2.39. The van der Waals surface area contributed by atoms with Gasteiger partial charge < -0.3 is 15.1 Å². The Labute approximate surface area is 126 Å². The SMILES string of the molecule is CCCNC1CCCC1CCN1CCN(C)C(CC)C1. The number of hydrogen-bond donors (Lipinski definition) is 1. The van der Waals surface area contributed by atoms with E-state index in [2.05, 4.69) is 36.0 Å². The number of hydrogen-bond acceptors (Lipinski definition) is 3. The van der Waals surface area contributed by atoms with Gasteiger partial charge in [-0.25, -0.2) is 0 Å². The molecule has 2 aliphatic rings. The van der Waals surface area contributed by atoms with Crippen LogP contribution in [0.4, 0.5) is 0 Å². The van der Waals surface area contributed by atoms with Crippen molar-refractivity contribution in [3.8, 4) is 0 Å². The van der Waals surface area contributed by atoms with Crippen molar-refractivity contribution in [3.63, 3.8) is 0 Å². The molecule has 0 aromatic carbocycles. The molecule has 1 heterocycles. The van der Waals surface area contributed by atoms with Gasteiger partial charge in [0.25, 0.3) is 0 Å². The smallest absolute Gasteiger partial charge is 0.0218 e. The first-order chi connectivity index (χ1) is 9.74. The number of rotatable bonds is 7. The molecule has 3 nitrogen and oxygen atoms in total. The van der Waals surface area contributed by atoms with Gasteiger partial charge in [0.2, 0.25) is 0 Å². The van der Waals surface area contributed by atoms with E-state index in [4.69, 9.17) is 0 Å². The summed E-state index contributed by atoms with van der Waals surface area (Å²) < 4.78 is 0. The highest BCUT2D eigenvalue weighted by Crippen LogP contribution is 2.29. The first kappa shape index (κ1) is 16.3. The summed E-state index contributed by atoms with van der Waals surface area (Å²) in [5.74, 6) is 0.932. The fraction of sp³-hybridized carbons (Fsp3) is 1.00. The highest BCUT2D eigenvalue weighted by atomic mass is 15.3. The van der Waals surface area contributed by atoms with Gasteiger partial charge in [-0.1, -0.05) is 20.3 Å². The summed E-state index contributed by atoms with van der Waals surface area (Å²) in [6.07, 6.45) is 8.25. The second-order valence-corrected chi connectivity index (χ2v) is 6.88. The number of nitrogens with one attached hydrogen (secondary N) is 1. The van der Waals surface area contributed by atoms with E-state index in [0.717, 1.165) is 18.0 Å². The first-order valence-electron chi connectivity index (χ1n) is 8.90. The summed E-state index contributed by atoms with van der Waals surface area (Å²) >= 11 is 0. The Bertz CT molecular complexity index is 269. The van der Waals surface area contributed by atoms with Gasteiger partial charge >= 0.3 is 0 Å². The Kier molecular flexibility index (Phi) is 6.79. The van der Waals surface area contributed by atoms with Crippen LogP contribution in [0.15, 0.2) is 0 Å². The van der Waals surface area contributed by atoms with Gasteiger partial charge in [-0.15, -0.1) is 0 Å². The van der Waals surface area contributed by atoms with E-state index in [1.165, 1.54) is 71.2 Å². The van der Waals surface area contributed by atoms with Gasteiger partial charge in [-0.3, -0.25) is 0 Å². The van der Waals surface area contributed by atoms with E-state index in [9.17, 15) is 0 Å². The van der Waals surface area contributed by atoms with Crippen LogP contribution < -0.4 is 5.32 Å². The van der Waals surface area contributed by atoms with Crippen molar-refractivity contribution in [2.45, 2.75) is 64.5 Å². The molecular formula is C17H35N3. The summed E-state index contributed by atoms with van der Waals surface area (Å²) in [6.45, 7) is 10.9. The first-order valence-corrected chi connectivity index (χ1v) is 8.90. The predicted molar refractivity (Wildman–Crippen MR) is 87.2 cm³/mol. The Balaban J connectivity index is 1.71. The zero-order valence-electron chi connectivity index (χ0n) is 13.9. The molecule has 3 heteroatoms. The second-order valence-electron chi connectivity index (χ2n) is 6.88. The second kappa shape index (κ2) is 8.35. The Morgan fingerprint density at radius 3 is 2.75 bits per heavy atom. The van der Waals surface area contributed by atoms with Crippen molar-refractivity contribution in [2.75, 3.05) is 39.8 Å². The van der Waals surface area contributed by atoms with E-state index in [1.807, 2.05) is 0 Å². The molecule has 1 saturated heterocycles. The molecule has 0 spiro atoms. The van der Waals surface area contributed by atoms with Gasteiger partial charge in [0.1, 0.15) is 0 Å². The topological polar surface area (TPSA) is 18.5 Å². The van der Waals surface area contributed by atoms with Crippen molar-refractivity contribution in [1.82, 2.24) is 15.1 Å². The summed E-state index contributed by atoms with van der Waals surface area (Å²) in [5.41, 5.74) is 0. The standard InChI is InChI=1S/C17H35N3/c1-4-10-18-17-8-6-7-15(17)9-11-20-13-12-19(3)16(5-2)14-20/h15-18H,4-14H2,1-3H3. The number of piperazine rings is 1. The molecular weight excluding hydrogens is 246 g/mol. The maximum absolute atomic E-state index is 3.77. The van der Waals surface area contributed by atoms with Crippen LogP contribution in [-0.4, -0.2) is 61.7 Å². The normalized spacial score (nSPS) is 32.9. The zero-order chi connectivity index (χ0) is 14.4. The van der Waals surface area contributed by atoms with Crippen molar-refractivity contribution >= 4 is 0 Å². The number of nitrogens with zero attached hydrogens (tertiary/aromatic N) is 2. The minimum Gasteiger partial charge on any atom is -0.314 e. The summed E-state index contributed by atoms with van der Waals surface area (Å²) in [6, 6.07) is 1.59. The Hall–Kier alpha value is -0.120. The maximum atomic E-state index is 3.77. The molecule has 0 bridgehead atoms. The van der Waals surface area contributed by atoms with E-state index < -0.39 is 0 Å². The largest absolute Gasteiger partial charge is 0.314 e. The molecule has 2 rings (SSSR count). The van der Waals surface area contributed by atoms with Gasteiger partial charge in [0.05, 0.1) is 0 Å². The molecule has 1 saturated carbocycles. The average molecular weight is 281 g/mol. The molecule has 2 fully saturated rings. The third-order valence-corrected chi connectivity index (χ3v) is 5.46. The fourth-order valence-electron chi connectivity index (χ4n) is 3.98. The lowest BCUT2D eigenvalue weighted by molar-refractivity contribution is 0.0880. The molecule has 0 aromatic heterocycles. The molecule has 0 radical (unpaired) electrons. The van der Waals surface area contributed by atoms with Crippen molar-refractivity contribution in [1.29, 1.82) is 0 Å². The predicted octanol–water partition coefficient (Wildman–Crippen LogP) is 2.57. The molecule has 1 aliphatic carbocycles. The van der Waals surface area contributed by atoms with Crippen molar-refractivity contribution in [3.05, 3.63) is 0 Å². The maximum Gasteiger partial charge on any atom is 0.0218 e. The van der Waals surface area contributed by atoms with E-state index in [0.29, 0.717) is 0 Å². The van der Waals surface area contributed by atoms with Crippen LogP contribution in [0.3, 0.4) is 0 Å². The van der Waals surface area contributed by atoms with Gasteiger partial charge in [0, 0.05) is 31.7 Å². The van der Waals surface area contributed by atoms with Crippen LogP contribution in [-0.2, 0) is 0 Å². The molecule has 3 atom stereocenters. The van der Waals surface area contributed by atoms with Crippen LogP contribution in [0.2, 0.25) is 0 Å². The highest BCUT2D eigenvalue weighted by molar-refractivity contribution is 4.85. The number of likely N-dealkylation sites (N-methyl/N-ethyl adjacent to an activating group) is 1. The molecule has 20 heavy (non-hydrogen) atoms. The summed E-state index contributed by atoms with van der Waals surface area (Å²) in [5, 5.41) is 3.77. The average Bonchev–Trinajstić information content (AvgIpc) is 2.91. The molecule has 0 aromatic rings. The van der Waals surface area contributed by atoms with E-state index in [-0.39, 0.29) is 0 Å². The fourth-order valence-corrected chi connectivity index (χ4v) is 3.98. The van der Waals surface area contributed by atoms with Crippen molar-refractivity contribution < 1.29 is 0 Å². The lowest BCUT2D eigenvalue weighted by atomic mass is 9.98. The third-order valence-electron chi connectivity index (χ3n) is 5.46. The van der Waals surface area contributed by atoms with Crippen LogP contribution in [0, 0.1) is 5.92 Å². The Morgan fingerprint density at radius 1 is 1.15 bits per heavy atom. The molecule has 118 valence electrons. The minimum absolute atomic E-state index is 0.779. The molecule has 3 unspecified atom stereocenters. The summed E-state index contributed by atoms with van der Waals surface area (Å²) in [7, 11) is 2.28. The molecule has 0 amide bonds. The van der Waals surface area contributed by atoms with E-state index in [1.54, 1.807) is 0 Å². The summed E-state index contributed by atoms with van der Waals surface area (Å²) in [4.78, 5) is 5.25. The van der Waals surface area contributed by atoms with E-state index >= 15 is 0 Å². The van der Waals surface area contributed by atoms with Gasteiger partial charge in [0.15, 0.2) is 0 Å². The third kappa shape index (κ3) is 4.44. The van der Waals surface area contributed by atoms with Crippen LogP contribution in [0.5, 0.6) is 0 Å².